The van der Waals surface area contributed by atoms with Crippen LogP contribution in [-0.4, -0.2) is 54.0 Å². The molecule has 1 rings (SSSR count). The molecule has 1 unspecified atom stereocenters. The van der Waals surface area contributed by atoms with Crippen molar-refractivity contribution in [1.82, 2.24) is 9.80 Å². The fraction of sp³-hybridized carbons (Fsp3) is 0.933. The monoisotopic (exact) mass is 269 g/mol. The van der Waals surface area contributed by atoms with Gasteiger partial charge in [-0.25, -0.2) is 0 Å². The summed E-state index contributed by atoms with van der Waals surface area (Å²) in [6, 6.07) is 0. The van der Waals surface area contributed by atoms with Gasteiger partial charge in [0.15, 0.2) is 0 Å². The minimum absolute atomic E-state index is 0.213. The molecule has 0 aromatic rings. The first-order chi connectivity index (χ1) is 8.84. The Hall–Kier alpha value is -0.610. The average molecular weight is 269 g/mol. The number of hydrogen-bond acceptors (Lipinski definition) is 3. The van der Waals surface area contributed by atoms with Crippen molar-refractivity contribution in [3.63, 3.8) is 0 Å². The summed E-state index contributed by atoms with van der Waals surface area (Å²) >= 11 is 0. The van der Waals surface area contributed by atoms with Crippen LogP contribution >= 0.6 is 0 Å². The molecule has 0 aromatic carbocycles. The van der Waals surface area contributed by atoms with Crippen LogP contribution in [0, 0.1) is 5.92 Å². The Balaban J connectivity index is 2.29. The molecule has 0 spiro atoms. The third-order valence-corrected chi connectivity index (χ3v) is 4.09. The van der Waals surface area contributed by atoms with Crippen molar-refractivity contribution in [3.05, 3.63) is 0 Å². The number of amides is 1. The van der Waals surface area contributed by atoms with Crippen molar-refractivity contribution >= 4 is 5.91 Å². The highest BCUT2D eigenvalue weighted by molar-refractivity contribution is 5.76. The van der Waals surface area contributed by atoms with Gasteiger partial charge < -0.3 is 10.6 Å². The maximum absolute atomic E-state index is 12.1. The number of hydrogen-bond donors (Lipinski definition) is 1. The fourth-order valence-corrected chi connectivity index (χ4v) is 2.58. The number of piperazine rings is 1. The molecule has 19 heavy (non-hydrogen) atoms. The third kappa shape index (κ3) is 5.49. The molecule has 1 fully saturated rings. The van der Waals surface area contributed by atoms with Gasteiger partial charge in [0, 0.05) is 38.1 Å². The maximum atomic E-state index is 12.1. The van der Waals surface area contributed by atoms with E-state index in [0.717, 1.165) is 45.6 Å². The summed E-state index contributed by atoms with van der Waals surface area (Å²) in [6.07, 6.45) is 2.66. The van der Waals surface area contributed by atoms with Crippen molar-refractivity contribution in [2.45, 2.75) is 52.5 Å². The fourth-order valence-electron chi connectivity index (χ4n) is 2.58. The molecule has 0 radical (unpaired) electrons. The Labute approximate surface area is 118 Å². The van der Waals surface area contributed by atoms with Gasteiger partial charge >= 0.3 is 0 Å². The molecule has 1 atom stereocenters. The lowest BCUT2D eigenvalue weighted by atomic mass is 10.0. The topological polar surface area (TPSA) is 49.6 Å². The smallest absolute Gasteiger partial charge is 0.222 e. The molecule has 2 N–H and O–H groups in total. The highest BCUT2D eigenvalue weighted by atomic mass is 16.2. The van der Waals surface area contributed by atoms with Crippen LogP contribution in [0.1, 0.15) is 47.0 Å². The van der Waals surface area contributed by atoms with Crippen molar-refractivity contribution in [3.8, 4) is 0 Å². The van der Waals surface area contributed by atoms with Crippen LogP contribution in [0.4, 0.5) is 0 Å². The molecular weight excluding hydrogens is 238 g/mol. The summed E-state index contributed by atoms with van der Waals surface area (Å²) in [5, 5.41) is 0. The Morgan fingerprint density at radius 2 is 1.74 bits per heavy atom. The van der Waals surface area contributed by atoms with E-state index in [0.29, 0.717) is 18.2 Å². The Morgan fingerprint density at radius 3 is 2.21 bits per heavy atom. The highest BCUT2D eigenvalue weighted by Crippen LogP contribution is 2.17. The van der Waals surface area contributed by atoms with E-state index in [1.54, 1.807) is 0 Å². The van der Waals surface area contributed by atoms with Crippen LogP contribution in [0.3, 0.4) is 0 Å². The van der Waals surface area contributed by atoms with Gasteiger partial charge in [0.1, 0.15) is 0 Å². The molecule has 1 aliphatic heterocycles. The summed E-state index contributed by atoms with van der Waals surface area (Å²) in [7, 11) is 0. The molecule has 112 valence electrons. The number of rotatable bonds is 5. The second-order valence-electron chi connectivity index (χ2n) is 6.76. The predicted molar refractivity (Wildman–Crippen MR) is 80.0 cm³/mol. The van der Waals surface area contributed by atoms with E-state index >= 15 is 0 Å². The minimum atomic E-state index is 0.213. The van der Waals surface area contributed by atoms with Crippen LogP contribution in [-0.2, 0) is 4.79 Å². The molecule has 1 amide bonds. The molecule has 4 nitrogen and oxygen atoms in total. The van der Waals surface area contributed by atoms with Crippen LogP contribution in [0.5, 0.6) is 0 Å². The summed E-state index contributed by atoms with van der Waals surface area (Å²) in [6.45, 7) is 13.3. The van der Waals surface area contributed by atoms with Gasteiger partial charge in [0.05, 0.1) is 0 Å². The van der Waals surface area contributed by atoms with Crippen LogP contribution < -0.4 is 5.73 Å². The zero-order valence-corrected chi connectivity index (χ0v) is 13.1. The molecule has 0 aromatic heterocycles. The summed E-state index contributed by atoms with van der Waals surface area (Å²) in [4.78, 5) is 16.6. The van der Waals surface area contributed by atoms with Gasteiger partial charge in [-0.1, -0.05) is 6.92 Å². The first-order valence-electron chi connectivity index (χ1n) is 7.57. The molecule has 0 bridgehead atoms. The third-order valence-electron chi connectivity index (χ3n) is 4.09. The largest absolute Gasteiger partial charge is 0.340 e. The van der Waals surface area contributed by atoms with E-state index in [4.69, 9.17) is 5.73 Å². The summed E-state index contributed by atoms with van der Waals surface area (Å²) in [5.74, 6) is 0.877. The van der Waals surface area contributed by atoms with Gasteiger partial charge in [-0.2, -0.15) is 0 Å². The molecule has 1 heterocycles. The van der Waals surface area contributed by atoms with Gasteiger partial charge in [-0.3, -0.25) is 9.69 Å². The van der Waals surface area contributed by atoms with Gasteiger partial charge in [0.2, 0.25) is 5.91 Å². The van der Waals surface area contributed by atoms with E-state index in [1.165, 1.54) is 0 Å². The van der Waals surface area contributed by atoms with E-state index < -0.39 is 0 Å². The first-order valence-corrected chi connectivity index (χ1v) is 7.57. The molecule has 1 saturated heterocycles. The van der Waals surface area contributed by atoms with Crippen molar-refractivity contribution in [2.75, 3.05) is 32.7 Å². The quantitative estimate of drug-likeness (QED) is 0.826. The lowest BCUT2D eigenvalue weighted by molar-refractivity contribution is -0.134. The lowest BCUT2D eigenvalue weighted by Gasteiger charge is -2.42. The zero-order chi connectivity index (χ0) is 14.5. The predicted octanol–water partition coefficient (Wildman–Crippen LogP) is 1.69. The van der Waals surface area contributed by atoms with Crippen LogP contribution in [0.2, 0.25) is 0 Å². The number of carbonyl (C=O) groups excluding carboxylic acids is 1. The Kier molecular flexibility index (Phi) is 6.27. The van der Waals surface area contributed by atoms with Crippen LogP contribution in [0.15, 0.2) is 0 Å². The minimum Gasteiger partial charge on any atom is -0.340 e. The Morgan fingerprint density at radius 1 is 1.16 bits per heavy atom. The zero-order valence-electron chi connectivity index (χ0n) is 13.1. The number of nitrogens with zero attached hydrogens (tertiary/aromatic N) is 2. The van der Waals surface area contributed by atoms with Gasteiger partial charge in [-0.15, -0.1) is 0 Å². The van der Waals surface area contributed by atoms with Crippen molar-refractivity contribution in [1.29, 1.82) is 0 Å². The molecule has 4 heteroatoms. The number of nitrogens with two attached hydrogens (primary N) is 1. The molecule has 0 aliphatic carbocycles. The standard InChI is InChI=1S/C15H31N3O/c1-13(7-8-16)5-6-14(19)17-9-11-18(12-10-17)15(2,3)4/h13H,5-12,16H2,1-4H3. The van der Waals surface area contributed by atoms with E-state index in [9.17, 15) is 4.79 Å². The summed E-state index contributed by atoms with van der Waals surface area (Å²) in [5.41, 5.74) is 5.75. The van der Waals surface area contributed by atoms with E-state index in [-0.39, 0.29) is 5.54 Å². The van der Waals surface area contributed by atoms with E-state index in [2.05, 4.69) is 32.6 Å². The molecule has 0 saturated carbocycles. The molecule has 1 aliphatic rings. The SMILES string of the molecule is CC(CCN)CCC(=O)N1CCN(C(C)(C)C)CC1. The van der Waals surface area contributed by atoms with Gasteiger partial charge in [0.25, 0.3) is 0 Å². The highest BCUT2D eigenvalue weighted by Gasteiger charge is 2.27. The Bertz CT molecular complexity index is 278. The normalized spacial score (nSPS) is 19.5. The van der Waals surface area contributed by atoms with Crippen molar-refractivity contribution in [2.24, 2.45) is 11.7 Å². The summed E-state index contributed by atoms with van der Waals surface area (Å²) < 4.78 is 0. The molecular formula is C15H31N3O. The van der Waals surface area contributed by atoms with Crippen LogP contribution in [0.25, 0.3) is 0 Å². The second-order valence-corrected chi connectivity index (χ2v) is 6.76. The maximum Gasteiger partial charge on any atom is 0.222 e. The van der Waals surface area contributed by atoms with Crippen molar-refractivity contribution < 1.29 is 4.79 Å². The van der Waals surface area contributed by atoms with E-state index in [1.807, 2.05) is 4.90 Å². The lowest BCUT2D eigenvalue weighted by Crippen LogP contribution is -2.54. The van der Waals surface area contributed by atoms with Gasteiger partial charge in [-0.05, 0) is 46.1 Å². The second kappa shape index (κ2) is 7.25. The average Bonchev–Trinajstić information content (AvgIpc) is 2.35. The number of carbonyl (C=O) groups is 1. The first kappa shape index (κ1) is 16.4.